The lowest BCUT2D eigenvalue weighted by atomic mass is 10.0. The molecule has 1 fully saturated rings. The first-order chi connectivity index (χ1) is 10.2. The van der Waals surface area contributed by atoms with Gasteiger partial charge in [-0.2, -0.15) is 5.10 Å². The minimum atomic E-state index is -0.0284. The van der Waals surface area contributed by atoms with Crippen molar-refractivity contribution in [2.45, 2.75) is 38.8 Å². The summed E-state index contributed by atoms with van der Waals surface area (Å²) in [5.41, 5.74) is 1.24. The lowest BCUT2D eigenvalue weighted by Gasteiger charge is -2.35. The highest BCUT2D eigenvalue weighted by Crippen LogP contribution is 2.20. The Bertz CT molecular complexity index is 593. The number of hydrogen-bond donors (Lipinski definition) is 0. The van der Waals surface area contributed by atoms with E-state index in [0.29, 0.717) is 5.69 Å². The summed E-state index contributed by atoms with van der Waals surface area (Å²) in [6, 6.07) is 2.08. The Labute approximate surface area is 123 Å². The van der Waals surface area contributed by atoms with Crippen molar-refractivity contribution < 1.29 is 4.79 Å². The van der Waals surface area contributed by atoms with Crippen LogP contribution >= 0.6 is 0 Å². The third kappa shape index (κ3) is 3.09. The normalized spacial score (nSPS) is 18.7. The van der Waals surface area contributed by atoms with Crippen LogP contribution in [0.5, 0.6) is 0 Å². The van der Waals surface area contributed by atoms with Crippen molar-refractivity contribution in [2.75, 3.05) is 6.54 Å². The number of aryl methyl sites for hydroxylation is 1. The zero-order valence-corrected chi connectivity index (χ0v) is 12.1. The number of amides is 1. The monoisotopic (exact) mass is 285 g/mol. The molecule has 0 aromatic carbocycles. The molecule has 1 saturated heterocycles. The molecule has 3 heterocycles. The van der Waals surface area contributed by atoms with Crippen molar-refractivity contribution >= 4 is 5.91 Å². The van der Waals surface area contributed by atoms with Crippen LogP contribution in [0.25, 0.3) is 0 Å². The number of likely N-dealkylation sites (tertiary alicyclic amines) is 1. The number of hydrogen-bond acceptors (Lipinski definition) is 4. The summed E-state index contributed by atoms with van der Waals surface area (Å²) in [5.74, 6) is -0.0284. The van der Waals surface area contributed by atoms with E-state index in [1.807, 2.05) is 28.8 Å². The average Bonchev–Trinajstić information content (AvgIpc) is 3.01. The smallest absolute Gasteiger partial charge is 0.274 e. The first kappa shape index (κ1) is 13.7. The van der Waals surface area contributed by atoms with E-state index in [-0.39, 0.29) is 11.9 Å². The highest BCUT2D eigenvalue weighted by Gasteiger charge is 2.28. The van der Waals surface area contributed by atoms with Crippen LogP contribution in [-0.4, -0.2) is 43.1 Å². The van der Waals surface area contributed by atoms with Gasteiger partial charge in [0.15, 0.2) is 0 Å². The van der Waals surface area contributed by atoms with E-state index in [2.05, 4.69) is 15.1 Å². The van der Waals surface area contributed by atoms with Gasteiger partial charge in [0.05, 0.1) is 24.5 Å². The van der Waals surface area contributed by atoms with Crippen LogP contribution in [0.15, 0.2) is 30.9 Å². The van der Waals surface area contributed by atoms with Crippen molar-refractivity contribution in [3.8, 4) is 0 Å². The maximum Gasteiger partial charge on any atom is 0.274 e. The predicted molar refractivity (Wildman–Crippen MR) is 77.7 cm³/mol. The second-order valence-electron chi connectivity index (χ2n) is 5.42. The third-order valence-corrected chi connectivity index (χ3v) is 3.85. The number of carbonyl (C=O) groups is 1. The van der Waals surface area contributed by atoms with E-state index < -0.39 is 0 Å². The molecule has 0 N–H and O–H groups in total. The molecule has 1 atom stereocenters. The quantitative estimate of drug-likeness (QED) is 0.860. The highest BCUT2D eigenvalue weighted by atomic mass is 16.2. The standard InChI is InChI=1S/C15H19N5O/c1-12-9-17-14(10-16-12)15(21)20-8-3-2-5-13(20)11-19-7-4-6-18-19/h4,6-7,9-10,13H,2-3,5,8,11H2,1H3/t13-/m0/s1. The van der Waals surface area contributed by atoms with Gasteiger partial charge in [0.1, 0.15) is 5.69 Å². The van der Waals surface area contributed by atoms with Gasteiger partial charge in [0.2, 0.25) is 0 Å². The Balaban J connectivity index is 1.77. The molecule has 6 nitrogen and oxygen atoms in total. The van der Waals surface area contributed by atoms with E-state index >= 15 is 0 Å². The van der Waals surface area contributed by atoms with Crippen LogP contribution < -0.4 is 0 Å². The Morgan fingerprint density at radius 1 is 1.33 bits per heavy atom. The van der Waals surface area contributed by atoms with Crippen LogP contribution in [0.2, 0.25) is 0 Å². The summed E-state index contributed by atoms with van der Waals surface area (Å²) in [6.07, 6.45) is 10.1. The molecular formula is C15H19N5O. The zero-order valence-electron chi connectivity index (χ0n) is 12.1. The first-order valence-corrected chi connectivity index (χ1v) is 7.31. The minimum Gasteiger partial charge on any atom is -0.332 e. The minimum absolute atomic E-state index is 0.0284. The van der Waals surface area contributed by atoms with Crippen LogP contribution in [0.3, 0.4) is 0 Å². The molecule has 0 aliphatic carbocycles. The molecule has 1 aliphatic rings. The van der Waals surface area contributed by atoms with Gasteiger partial charge < -0.3 is 4.90 Å². The van der Waals surface area contributed by atoms with Crippen LogP contribution in [0.4, 0.5) is 0 Å². The van der Waals surface area contributed by atoms with Gasteiger partial charge in [0, 0.05) is 25.1 Å². The van der Waals surface area contributed by atoms with Gasteiger partial charge in [-0.05, 0) is 32.3 Å². The molecule has 0 saturated carbocycles. The Morgan fingerprint density at radius 2 is 2.24 bits per heavy atom. The third-order valence-electron chi connectivity index (χ3n) is 3.85. The van der Waals surface area contributed by atoms with E-state index in [9.17, 15) is 4.79 Å². The topological polar surface area (TPSA) is 63.9 Å². The maximum absolute atomic E-state index is 12.6. The molecule has 0 spiro atoms. The van der Waals surface area contributed by atoms with Crippen molar-refractivity contribution in [1.29, 1.82) is 0 Å². The van der Waals surface area contributed by atoms with E-state index in [1.54, 1.807) is 18.6 Å². The lowest BCUT2D eigenvalue weighted by molar-refractivity contribution is 0.0577. The van der Waals surface area contributed by atoms with Crippen LogP contribution in [-0.2, 0) is 6.54 Å². The molecule has 1 aliphatic heterocycles. The Kier molecular flexibility index (Phi) is 3.94. The molecule has 110 valence electrons. The summed E-state index contributed by atoms with van der Waals surface area (Å²) in [4.78, 5) is 22.9. The zero-order chi connectivity index (χ0) is 14.7. The van der Waals surface area contributed by atoms with Crippen molar-refractivity contribution in [1.82, 2.24) is 24.6 Å². The SMILES string of the molecule is Cc1cnc(C(=O)N2CCCC[C@H]2Cn2cccn2)cn1. The second kappa shape index (κ2) is 6.03. The van der Waals surface area contributed by atoms with Crippen molar-refractivity contribution in [2.24, 2.45) is 0 Å². The van der Waals surface area contributed by atoms with Gasteiger partial charge in [-0.3, -0.25) is 14.5 Å². The van der Waals surface area contributed by atoms with Crippen molar-refractivity contribution in [3.05, 3.63) is 42.2 Å². The van der Waals surface area contributed by atoms with Gasteiger partial charge in [-0.1, -0.05) is 0 Å². The number of nitrogens with zero attached hydrogens (tertiary/aromatic N) is 5. The molecule has 2 aromatic heterocycles. The largest absolute Gasteiger partial charge is 0.332 e. The maximum atomic E-state index is 12.6. The van der Waals surface area contributed by atoms with Crippen molar-refractivity contribution in [3.63, 3.8) is 0 Å². The highest BCUT2D eigenvalue weighted by molar-refractivity contribution is 5.92. The predicted octanol–water partition coefficient (Wildman–Crippen LogP) is 1.68. The summed E-state index contributed by atoms with van der Waals surface area (Å²) in [6.45, 7) is 3.38. The molecule has 0 radical (unpaired) electrons. The molecule has 2 aromatic rings. The van der Waals surface area contributed by atoms with Crippen LogP contribution in [0, 0.1) is 6.92 Å². The van der Waals surface area contributed by atoms with E-state index in [4.69, 9.17) is 0 Å². The second-order valence-corrected chi connectivity index (χ2v) is 5.42. The molecule has 21 heavy (non-hydrogen) atoms. The van der Waals surface area contributed by atoms with Gasteiger partial charge in [-0.15, -0.1) is 0 Å². The van der Waals surface area contributed by atoms with E-state index in [0.717, 1.165) is 38.0 Å². The number of piperidine rings is 1. The number of carbonyl (C=O) groups excluding carboxylic acids is 1. The molecule has 1 amide bonds. The fraction of sp³-hybridized carbons (Fsp3) is 0.467. The van der Waals surface area contributed by atoms with Gasteiger partial charge in [0.25, 0.3) is 5.91 Å². The molecular weight excluding hydrogens is 266 g/mol. The number of rotatable bonds is 3. The first-order valence-electron chi connectivity index (χ1n) is 7.31. The summed E-state index contributed by atoms with van der Waals surface area (Å²) in [5, 5.41) is 4.24. The molecule has 6 heteroatoms. The molecule has 0 unspecified atom stereocenters. The summed E-state index contributed by atoms with van der Waals surface area (Å²) >= 11 is 0. The lowest BCUT2D eigenvalue weighted by Crippen LogP contribution is -2.46. The Morgan fingerprint density at radius 3 is 2.95 bits per heavy atom. The summed E-state index contributed by atoms with van der Waals surface area (Å²) < 4.78 is 1.89. The van der Waals surface area contributed by atoms with Gasteiger partial charge in [-0.25, -0.2) is 4.98 Å². The number of aromatic nitrogens is 4. The molecule has 0 bridgehead atoms. The van der Waals surface area contributed by atoms with Gasteiger partial charge >= 0.3 is 0 Å². The molecule has 3 rings (SSSR count). The average molecular weight is 285 g/mol. The summed E-state index contributed by atoms with van der Waals surface area (Å²) in [7, 11) is 0. The fourth-order valence-electron chi connectivity index (χ4n) is 2.73. The Hall–Kier alpha value is -2.24. The van der Waals surface area contributed by atoms with E-state index in [1.165, 1.54) is 0 Å². The van der Waals surface area contributed by atoms with Crippen LogP contribution in [0.1, 0.15) is 35.4 Å². The fourth-order valence-corrected chi connectivity index (χ4v) is 2.73.